The number of rotatable bonds is 4. The lowest BCUT2D eigenvalue weighted by molar-refractivity contribution is 0.0937. The molecule has 2 aromatic rings. The lowest BCUT2D eigenvalue weighted by Crippen LogP contribution is -2.42. The molecule has 0 spiro atoms. The van der Waals surface area contributed by atoms with Gasteiger partial charge in [-0.25, -0.2) is 8.42 Å². The van der Waals surface area contributed by atoms with Gasteiger partial charge in [-0.15, -0.1) is 4.83 Å². The van der Waals surface area contributed by atoms with Crippen LogP contribution in [-0.4, -0.2) is 18.9 Å². The van der Waals surface area contributed by atoms with Gasteiger partial charge in [-0.05, 0) is 24.3 Å². The molecular weight excluding hydrogens is 337 g/mol. The molecule has 1 heterocycles. The van der Waals surface area contributed by atoms with Gasteiger partial charge in [-0.3, -0.25) is 10.2 Å². The molecule has 0 aliphatic rings. The first-order chi connectivity index (χ1) is 9.83. The summed E-state index contributed by atoms with van der Waals surface area (Å²) in [6.07, 6.45) is 1.66. The fourth-order valence-electron chi connectivity index (χ4n) is 1.62. The van der Waals surface area contributed by atoms with Gasteiger partial charge in [0.25, 0.3) is 15.9 Å². The summed E-state index contributed by atoms with van der Waals surface area (Å²) in [5, 5.41) is -0.00640. The number of carbonyl (C=O) groups is 1. The van der Waals surface area contributed by atoms with Crippen LogP contribution in [0.5, 0.6) is 0 Å². The zero-order valence-electron chi connectivity index (χ0n) is 10.8. The number of hydrogen-bond donors (Lipinski definition) is 2. The second-order valence-electron chi connectivity index (χ2n) is 4.12. The Labute approximate surface area is 131 Å². The van der Waals surface area contributed by atoms with Crippen LogP contribution < -0.4 is 10.3 Å². The molecule has 0 aliphatic carbocycles. The monoisotopic (exact) mass is 347 g/mol. The second kappa shape index (κ2) is 6.07. The third kappa shape index (κ3) is 3.38. The van der Waals surface area contributed by atoms with Crippen LogP contribution in [-0.2, 0) is 17.1 Å². The van der Waals surface area contributed by atoms with E-state index in [1.807, 2.05) is 4.83 Å². The van der Waals surface area contributed by atoms with Crippen molar-refractivity contribution in [2.45, 2.75) is 4.90 Å². The zero-order chi connectivity index (χ0) is 15.6. The standard InChI is InChI=1S/C12H11Cl2N3O3S/c1-17-7-3-5-9(17)12(18)15-16-21(19,20)10-6-2-4-8(13)11(10)14/h2-7,16H,1H3,(H,15,18). The zero-order valence-corrected chi connectivity index (χ0v) is 13.1. The molecule has 0 atom stereocenters. The molecule has 1 aromatic carbocycles. The van der Waals surface area contributed by atoms with E-state index in [4.69, 9.17) is 23.2 Å². The van der Waals surface area contributed by atoms with E-state index in [1.54, 1.807) is 29.9 Å². The Morgan fingerprint density at radius 1 is 1.19 bits per heavy atom. The minimum absolute atomic E-state index is 0.105. The molecular formula is C12H11Cl2N3O3S. The second-order valence-corrected chi connectivity index (χ2v) is 6.55. The van der Waals surface area contributed by atoms with Gasteiger partial charge in [0.2, 0.25) is 0 Å². The van der Waals surface area contributed by atoms with Crippen LogP contribution >= 0.6 is 23.2 Å². The molecule has 1 amide bonds. The summed E-state index contributed by atoms with van der Waals surface area (Å²) in [6.45, 7) is 0. The highest BCUT2D eigenvalue weighted by Crippen LogP contribution is 2.28. The van der Waals surface area contributed by atoms with E-state index in [2.05, 4.69) is 5.43 Å². The number of amides is 1. The molecule has 2 N–H and O–H groups in total. The maximum atomic E-state index is 12.1. The van der Waals surface area contributed by atoms with Gasteiger partial charge < -0.3 is 4.57 Å². The Kier molecular flexibility index (Phi) is 4.58. The topological polar surface area (TPSA) is 80.2 Å². The van der Waals surface area contributed by atoms with Gasteiger partial charge >= 0.3 is 0 Å². The van der Waals surface area contributed by atoms with Crippen LogP contribution in [0.15, 0.2) is 41.4 Å². The molecule has 0 aliphatic heterocycles. The smallest absolute Gasteiger partial charge is 0.282 e. The van der Waals surface area contributed by atoms with Gasteiger partial charge in [0.05, 0.1) is 10.0 Å². The third-order valence-corrected chi connectivity index (χ3v) is 4.90. The van der Waals surface area contributed by atoms with Crippen LogP contribution in [0, 0.1) is 0 Å². The number of aromatic nitrogens is 1. The van der Waals surface area contributed by atoms with E-state index in [9.17, 15) is 13.2 Å². The first kappa shape index (κ1) is 15.8. The van der Waals surface area contributed by atoms with Gasteiger partial charge in [-0.2, -0.15) is 0 Å². The van der Waals surface area contributed by atoms with Crippen molar-refractivity contribution < 1.29 is 13.2 Å². The van der Waals surface area contributed by atoms with Crippen LogP contribution in [0.1, 0.15) is 10.5 Å². The number of hydrogen-bond acceptors (Lipinski definition) is 3. The Bertz CT molecular complexity index is 787. The van der Waals surface area contributed by atoms with Gasteiger partial charge in [0, 0.05) is 13.2 Å². The van der Waals surface area contributed by atoms with Crippen LogP contribution in [0.25, 0.3) is 0 Å². The summed E-state index contributed by atoms with van der Waals surface area (Å²) < 4.78 is 25.7. The average molecular weight is 348 g/mol. The fourth-order valence-corrected chi connectivity index (χ4v) is 3.22. The van der Waals surface area contributed by atoms with Gasteiger partial charge in [-0.1, -0.05) is 29.3 Å². The van der Waals surface area contributed by atoms with E-state index in [0.717, 1.165) is 0 Å². The maximum Gasteiger partial charge on any atom is 0.282 e. The third-order valence-electron chi connectivity index (χ3n) is 2.68. The van der Waals surface area contributed by atoms with Crippen LogP contribution in [0.2, 0.25) is 10.0 Å². The van der Waals surface area contributed by atoms with Crippen molar-refractivity contribution in [3.63, 3.8) is 0 Å². The largest absolute Gasteiger partial charge is 0.347 e. The molecule has 1 aromatic heterocycles. The Morgan fingerprint density at radius 3 is 2.52 bits per heavy atom. The molecule has 0 saturated carbocycles. The maximum absolute atomic E-state index is 12.1. The van der Waals surface area contributed by atoms with E-state index >= 15 is 0 Å². The Balaban J connectivity index is 2.17. The number of sulfonamides is 1. The number of halogens is 2. The molecule has 21 heavy (non-hydrogen) atoms. The molecule has 112 valence electrons. The van der Waals surface area contributed by atoms with Crippen molar-refractivity contribution >= 4 is 39.1 Å². The molecule has 0 saturated heterocycles. The number of carbonyl (C=O) groups excluding carboxylic acids is 1. The number of nitrogens with zero attached hydrogens (tertiary/aromatic N) is 1. The van der Waals surface area contributed by atoms with Crippen LogP contribution in [0.3, 0.4) is 0 Å². The molecule has 2 rings (SSSR count). The van der Waals surface area contributed by atoms with Crippen molar-refractivity contribution in [3.05, 3.63) is 52.3 Å². The summed E-state index contributed by atoms with van der Waals surface area (Å²) in [6, 6.07) is 7.41. The summed E-state index contributed by atoms with van der Waals surface area (Å²) in [4.78, 5) is 13.6. The van der Waals surface area contributed by atoms with E-state index in [0.29, 0.717) is 5.69 Å². The molecule has 0 unspecified atom stereocenters. The van der Waals surface area contributed by atoms with E-state index in [-0.39, 0.29) is 14.9 Å². The first-order valence-corrected chi connectivity index (χ1v) is 7.94. The minimum atomic E-state index is -4.02. The predicted molar refractivity (Wildman–Crippen MR) is 79.7 cm³/mol. The number of hydrazine groups is 1. The highest BCUT2D eigenvalue weighted by Gasteiger charge is 2.20. The average Bonchev–Trinajstić information content (AvgIpc) is 2.85. The van der Waals surface area contributed by atoms with E-state index in [1.165, 1.54) is 18.2 Å². The predicted octanol–water partition coefficient (Wildman–Crippen LogP) is 1.96. The lowest BCUT2D eigenvalue weighted by atomic mass is 10.4. The van der Waals surface area contributed by atoms with Crippen LogP contribution in [0.4, 0.5) is 0 Å². The van der Waals surface area contributed by atoms with Crippen molar-refractivity contribution in [3.8, 4) is 0 Å². The highest BCUT2D eigenvalue weighted by molar-refractivity contribution is 7.89. The summed E-state index contributed by atoms with van der Waals surface area (Å²) in [7, 11) is -2.36. The Morgan fingerprint density at radius 2 is 1.90 bits per heavy atom. The lowest BCUT2D eigenvalue weighted by Gasteiger charge is -2.10. The van der Waals surface area contributed by atoms with Crippen molar-refractivity contribution in [1.82, 2.24) is 14.8 Å². The highest BCUT2D eigenvalue weighted by atomic mass is 35.5. The number of nitrogens with one attached hydrogen (secondary N) is 2. The molecule has 0 radical (unpaired) electrons. The Hall–Kier alpha value is -1.54. The normalized spacial score (nSPS) is 11.4. The minimum Gasteiger partial charge on any atom is -0.347 e. The van der Waals surface area contributed by atoms with Gasteiger partial charge in [0.1, 0.15) is 10.6 Å². The van der Waals surface area contributed by atoms with Crippen molar-refractivity contribution in [2.75, 3.05) is 0 Å². The molecule has 0 bridgehead atoms. The fraction of sp³-hybridized carbons (Fsp3) is 0.0833. The SMILES string of the molecule is Cn1cccc1C(=O)NNS(=O)(=O)c1cccc(Cl)c1Cl. The number of benzene rings is 1. The number of aryl methyl sites for hydroxylation is 1. The quantitative estimate of drug-likeness (QED) is 0.829. The molecule has 0 fully saturated rings. The molecule has 9 heteroatoms. The van der Waals surface area contributed by atoms with E-state index < -0.39 is 15.9 Å². The first-order valence-electron chi connectivity index (χ1n) is 5.70. The summed E-state index contributed by atoms with van der Waals surface area (Å²) in [5.74, 6) is -0.593. The van der Waals surface area contributed by atoms with Crippen molar-refractivity contribution in [1.29, 1.82) is 0 Å². The van der Waals surface area contributed by atoms with Crippen molar-refractivity contribution in [2.24, 2.45) is 7.05 Å². The van der Waals surface area contributed by atoms with Gasteiger partial charge in [0.15, 0.2) is 0 Å². The summed E-state index contributed by atoms with van der Waals surface area (Å²) in [5.41, 5.74) is 2.41. The molecule has 6 nitrogen and oxygen atoms in total. The summed E-state index contributed by atoms with van der Waals surface area (Å²) >= 11 is 11.6.